The Morgan fingerprint density at radius 3 is 2.05 bits per heavy atom. The highest BCUT2D eigenvalue weighted by atomic mass is 15.1. The zero-order valence-corrected chi connectivity index (χ0v) is 13.3. The van der Waals surface area contributed by atoms with E-state index in [1.807, 2.05) is 0 Å². The van der Waals surface area contributed by atoms with Gasteiger partial charge in [0, 0.05) is 6.54 Å². The van der Waals surface area contributed by atoms with Crippen molar-refractivity contribution in [2.75, 3.05) is 20.1 Å². The Morgan fingerprint density at radius 2 is 1.50 bits per heavy atom. The third-order valence-electron chi connectivity index (χ3n) is 5.11. The van der Waals surface area contributed by atoms with Crippen LogP contribution in [-0.4, -0.2) is 25.0 Å². The molecule has 0 N–H and O–H groups in total. The average molecular weight is 289 g/mol. The van der Waals surface area contributed by atoms with Gasteiger partial charge in [0.2, 0.25) is 0 Å². The van der Waals surface area contributed by atoms with Gasteiger partial charge in [0.1, 0.15) is 0 Å². The first kappa shape index (κ1) is 13.8. The summed E-state index contributed by atoms with van der Waals surface area (Å²) in [5.41, 5.74) is 7.35. The van der Waals surface area contributed by atoms with Crippen LogP contribution in [0, 0.1) is 5.92 Å². The molecule has 0 unspecified atom stereocenters. The van der Waals surface area contributed by atoms with Gasteiger partial charge in [-0.05, 0) is 66.6 Å². The Kier molecular flexibility index (Phi) is 3.59. The Morgan fingerprint density at radius 1 is 0.909 bits per heavy atom. The van der Waals surface area contributed by atoms with Crippen molar-refractivity contribution in [2.45, 2.75) is 19.3 Å². The standard InChI is InChI=1S/C21H23N/c1-22-13-12-16(15-22)14-21-19-8-4-2-6-17(19)10-11-18-7-3-5-9-20(18)21/h2-9,14,16H,10-13,15H2,1H3/t16-/m0/s1. The molecule has 1 heterocycles. The number of benzene rings is 2. The van der Waals surface area contributed by atoms with Crippen molar-refractivity contribution in [1.82, 2.24) is 4.90 Å². The zero-order chi connectivity index (χ0) is 14.9. The summed E-state index contributed by atoms with van der Waals surface area (Å²) in [4.78, 5) is 2.44. The molecule has 0 amide bonds. The Bertz CT molecular complexity index is 664. The normalized spacial score (nSPS) is 21.1. The van der Waals surface area contributed by atoms with E-state index in [0.717, 1.165) is 12.8 Å². The molecule has 0 radical (unpaired) electrons. The second-order valence-corrected chi connectivity index (χ2v) is 6.71. The first-order valence-electron chi connectivity index (χ1n) is 8.38. The Labute approximate surface area is 133 Å². The van der Waals surface area contributed by atoms with Crippen LogP contribution < -0.4 is 0 Å². The number of aryl methyl sites for hydroxylation is 2. The molecule has 1 heteroatoms. The van der Waals surface area contributed by atoms with Gasteiger partial charge >= 0.3 is 0 Å². The van der Waals surface area contributed by atoms with Crippen molar-refractivity contribution < 1.29 is 0 Å². The molecule has 0 aromatic heterocycles. The van der Waals surface area contributed by atoms with Crippen LogP contribution in [0.5, 0.6) is 0 Å². The summed E-state index contributed by atoms with van der Waals surface area (Å²) in [7, 11) is 2.23. The van der Waals surface area contributed by atoms with E-state index in [0.29, 0.717) is 5.92 Å². The fraction of sp³-hybridized carbons (Fsp3) is 0.333. The van der Waals surface area contributed by atoms with Gasteiger partial charge in [-0.3, -0.25) is 0 Å². The summed E-state index contributed by atoms with van der Waals surface area (Å²) < 4.78 is 0. The first-order valence-corrected chi connectivity index (χ1v) is 8.38. The van der Waals surface area contributed by atoms with Crippen LogP contribution in [0.3, 0.4) is 0 Å². The SMILES string of the molecule is CN1CC[C@@H](C=C2c3ccccc3CCc3ccccc32)C1. The van der Waals surface area contributed by atoms with Crippen LogP contribution in [-0.2, 0) is 12.8 Å². The molecule has 1 fully saturated rings. The number of nitrogens with zero attached hydrogens (tertiary/aromatic N) is 1. The van der Waals surface area contributed by atoms with Gasteiger partial charge in [-0.2, -0.15) is 0 Å². The van der Waals surface area contributed by atoms with Crippen LogP contribution in [0.15, 0.2) is 54.6 Å². The minimum atomic E-state index is 0.680. The fourth-order valence-electron chi connectivity index (χ4n) is 3.94. The summed E-state index contributed by atoms with van der Waals surface area (Å²) in [6.07, 6.45) is 6.13. The van der Waals surface area contributed by atoms with Gasteiger partial charge in [-0.1, -0.05) is 54.6 Å². The summed E-state index contributed by atoms with van der Waals surface area (Å²) in [6, 6.07) is 17.9. The molecule has 2 aromatic carbocycles. The van der Waals surface area contributed by atoms with E-state index in [1.165, 1.54) is 47.3 Å². The lowest BCUT2D eigenvalue weighted by atomic mass is 9.90. The number of hydrogen-bond donors (Lipinski definition) is 0. The van der Waals surface area contributed by atoms with Crippen molar-refractivity contribution in [3.63, 3.8) is 0 Å². The lowest BCUT2D eigenvalue weighted by Gasteiger charge is -2.14. The summed E-state index contributed by atoms with van der Waals surface area (Å²) in [5, 5.41) is 0. The lowest BCUT2D eigenvalue weighted by Crippen LogP contribution is -2.13. The molecule has 0 spiro atoms. The van der Waals surface area contributed by atoms with E-state index in [1.54, 1.807) is 0 Å². The lowest BCUT2D eigenvalue weighted by molar-refractivity contribution is 0.408. The summed E-state index contributed by atoms with van der Waals surface area (Å²) in [5.74, 6) is 0.680. The van der Waals surface area contributed by atoms with E-state index >= 15 is 0 Å². The molecule has 2 aromatic rings. The number of fused-ring (bicyclic) bond motifs is 2. The highest BCUT2D eigenvalue weighted by Gasteiger charge is 2.22. The number of likely N-dealkylation sites (tertiary alicyclic amines) is 1. The largest absolute Gasteiger partial charge is 0.306 e. The number of hydrogen-bond acceptors (Lipinski definition) is 1. The molecule has 0 bridgehead atoms. The smallest absolute Gasteiger partial charge is 0.00421 e. The van der Waals surface area contributed by atoms with Gasteiger partial charge in [0.15, 0.2) is 0 Å². The monoisotopic (exact) mass is 289 g/mol. The van der Waals surface area contributed by atoms with Gasteiger partial charge in [-0.15, -0.1) is 0 Å². The van der Waals surface area contributed by atoms with Crippen LogP contribution in [0.1, 0.15) is 28.7 Å². The van der Waals surface area contributed by atoms with Gasteiger partial charge in [-0.25, -0.2) is 0 Å². The molecular formula is C21H23N. The molecule has 2 aliphatic rings. The fourth-order valence-corrected chi connectivity index (χ4v) is 3.94. The van der Waals surface area contributed by atoms with E-state index in [2.05, 4.69) is 66.6 Å². The van der Waals surface area contributed by atoms with Crippen molar-refractivity contribution in [3.8, 4) is 0 Å². The highest BCUT2D eigenvalue weighted by molar-refractivity contribution is 5.84. The van der Waals surface area contributed by atoms with Crippen molar-refractivity contribution in [3.05, 3.63) is 76.9 Å². The molecule has 1 saturated heterocycles. The third-order valence-corrected chi connectivity index (χ3v) is 5.11. The van der Waals surface area contributed by atoms with Crippen LogP contribution in [0.25, 0.3) is 5.57 Å². The van der Waals surface area contributed by atoms with Crippen molar-refractivity contribution >= 4 is 5.57 Å². The maximum atomic E-state index is 2.55. The average Bonchev–Trinajstić information content (AvgIpc) is 2.89. The molecule has 1 nitrogen and oxygen atoms in total. The second-order valence-electron chi connectivity index (χ2n) is 6.71. The maximum Gasteiger partial charge on any atom is 0.00421 e. The number of rotatable bonds is 1. The molecular weight excluding hydrogens is 266 g/mol. The summed E-state index contributed by atoms with van der Waals surface area (Å²) in [6.45, 7) is 2.41. The first-order chi connectivity index (χ1) is 10.8. The molecule has 0 saturated carbocycles. The van der Waals surface area contributed by atoms with E-state index < -0.39 is 0 Å². The van der Waals surface area contributed by atoms with Gasteiger partial charge in [0.05, 0.1) is 0 Å². The Balaban J connectivity index is 1.86. The van der Waals surface area contributed by atoms with Crippen LogP contribution >= 0.6 is 0 Å². The van der Waals surface area contributed by atoms with Crippen molar-refractivity contribution in [1.29, 1.82) is 0 Å². The van der Waals surface area contributed by atoms with Gasteiger partial charge in [0.25, 0.3) is 0 Å². The van der Waals surface area contributed by atoms with Crippen LogP contribution in [0.2, 0.25) is 0 Å². The van der Waals surface area contributed by atoms with Crippen LogP contribution in [0.4, 0.5) is 0 Å². The second kappa shape index (κ2) is 5.73. The molecule has 1 aliphatic heterocycles. The molecule has 1 atom stereocenters. The highest BCUT2D eigenvalue weighted by Crippen LogP contribution is 2.35. The Hall–Kier alpha value is -1.86. The molecule has 22 heavy (non-hydrogen) atoms. The van der Waals surface area contributed by atoms with E-state index in [4.69, 9.17) is 0 Å². The van der Waals surface area contributed by atoms with E-state index in [9.17, 15) is 0 Å². The third kappa shape index (κ3) is 2.50. The molecule has 1 aliphatic carbocycles. The van der Waals surface area contributed by atoms with Crippen molar-refractivity contribution in [2.24, 2.45) is 5.92 Å². The predicted octanol–water partition coefficient (Wildman–Crippen LogP) is 4.17. The minimum absolute atomic E-state index is 0.680. The topological polar surface area (TPSA) is 3.24 Å². The molecule has 4 rings (SSSR count). The molecule has 112 valence electrons. The summed E-state index contributed by atoms with van der Waals surface area (Å²) >= 11 is 0. The van der Waals surface area contributed by atoms with E-state index in [-0.39, 0.29) is 0 Å². The zero-order valence-electron chi connectivity index (χ0n) is 13.3. The minimum Gasteiger partial charge on any atom is -0.306 e. The maximum absolute atomic E-state index is 2.55. The quantitative estimate of drug-likeness (QED) is 0.761. The predicted molar refractivity (Wildman–Crippen MR) is 93.0 cm³/mol. The van der Waals surface area contributed by atoms with Gasteiger partial charge < -0.3 is 4.90 Å².